The molecule has 1 aromatic carbocycles. The number of para-hydroxylation sites is 1. The molecule has 0 radical (unpaired) electrons. The number of benzene rings is 1. The lowest BCUT2D eigenvalue weighted by molar-refractivity contribution is -0.135. The van der Waals surface area contributed by atoms with Gasteiger partial charge in [-0.1, -0.05) is 24.3 Å². The molecule has 0 aromatic heterocycles. The molecule has 0 aliphatic carbocycles. The molecule has 0 spiro atoms. The molecule has 0 unspecified atom stereocenters. The maximum atomic E-state index is 12.1. The van der Waals surface area contributed by atoms with Crippen LogP contribution in [0.5, 0.6) is 5.75 Å². The van der Waals surface area contributed by atoms with E-state index in [1.165, 1.54) is 0 Å². The minimum absolute atomic E-state index is 0.0595. The average molecular weight is 289 g/mol. The predicted octanol–water partition coefficient (Wildman–Crippen LogP) is 2.51. The molecule has 0 atom stereocenters. The molecule has 2 rings (SSSR count). The molecule has 0 saturated carbocycles. The van der Waals surface area contributed by atoms with Crippen molar-refractivity contribution in [1.82, 2.24) is 4.90 Å². The van der Waals surface area contributed by atoms with E-state index in [4.69, 9.17) is 9.47 Å². The first-order chi connectivity index (χ1) is 10.3. The molecule has 1 amide bonds. The van der Waals surface area contributed by atoms with Crippen molar-refractivity contribution in [3.8, 4) is 5.75 Å². The van der Waals surface area contributed by atoms with E-state index in [1.54, 1.807) is 6.08 Å². The first-order valence-electron chi connectivity index (χ1n) is 7.44. The summed E-state index contributed by atoms with van der Waals surface area (Å²) in [6, 6.07) is 9.43. The topological polar surface area (TPSA) is 38.8 Å². The van der Waals surface area contributed by atoms with Crippen LogP contribution in [0.4, 0.5) is 0 Å². The molecule has 21 heavy (non-hydrogen) atoms. The summed E-state index contributed by atoms with van der Waals surface area (Å²) >= 11 is 0. The highest BCUT2D eigenvalue weighted by Gasteiger charge is 2.22. The SMILES string of the molecule is C=CCOCC1CCN(C(=O)COc2ccccc2)CC1. The Morgan fingerprint density at radius 2 is 2.00 bits per heavy atom. The zero-order chi connectivity index (χ0) is 14.9. The standard InChI is InChI=1S/C17H23NO3/c1-2-12-20-13-15-8-10-18(11-9-15)17(19)14-21-16-6-4-3-5-7-16/h2-7,15H,1,8-14H2. The van der Waals surface area contributed by atoms with E-state index in [9.17, 15) is 4.79 Å². The van der Waals surface area contributed by atoms with Gasteiger partial charge in [-0.2, -0.15) is 0 Å². The van der Waals surface area contributed by atoms with Gasteiger partial charge in [0.2, 0.25) is 0 Å². The minimum atomic E-state index is 0.0595. The van der Waals surface area contributed by atoms with E-state index >= 15 is 0 Å². The molecule has 4 nitrogen and oxygen atoms in total. The van der Waals surface area contributed by atoms with Crippen molar-refractivity contribution in [3.63, 3.8) is 0 Å². The summed E-state index contributed by atoms with van der Waals surface area (Å²) in [6.07, 6.45) is 3.75. The monoisotopic (exact) mass is 289 g/mol. The van der Waals surface area contributed by atoms with Crippen LogP contribution in [-0.4, -0.2) is 43.7 Å². The lowest BCUT2D eigenvalue weighted by Gasteiger charge is -2.31. The smallest absolute Gasteiger partial charge is 0.260 e. The van der Waals surface area contributed by atoms with Gasteiger partial charge in [0, 0.05) is 19.7 Å². The van der Waals surface area contributed by atoms with Gasteiger partial charge in [-0.05, 0) is 30.9 Å². The quantitative estimate of drug-likeness (QED) is 0.572. The number of hydrogen-bond donors (Lipinski definition) is 0. The summed E-state index contributed by atoms with van der Waals surface area (Å²) in [5, 5.41) is 0. The molecule has 0 bridgehead atoms. The second-order valence-corrected chi connectivity index (χ2v) is 5.25. The van der Waals surface area contributed by atoms with Gasteiger partial charge < -0.3 is 14.4 Å². The summed E-state index contributed by atoms with van der Waals surface area (Å²) in [6.45, 7) is 6.69. The number of piperidine rings is 1. The molecule has 4 heteroatoms. The third-order valence-corrected chi connectivity index (χ3v) is 3.66. The normalized spacial score (nSPS) is 15.7. The molecule has 1 aromatic rings. The number of hydrogen-bond acceptors (Lipinski definition) is 3. The zero-order valence-corrected chi connectivity index (χ0v) is 12.4. The first kappa shape index (κ1) is 15.6. The van der Waals surface area contributed by atoms with Crippen LogP contribution in [-0.2, 0) is 9.53 Å². The Labute approximate surface area is 126 Å². The van der Waals surface area contributed by atoms with Crippen molar-refractivity contribution in [1.29, 1.82) is 0 Å². The highest BCUT2D eigenvalue weighted by Crippen LogP contribution is 2.18. The van der Waals surface area contributed by atoms with Gasteiger partial charge in [0.25, 0.3) is 5.91 Å². The Morgan fingerprint density at radius 3 is 2.67 bits per heavy atom. The Hall–Kier alpha value is -1.81. The third-order valence-electron chi connectivity index (χ3n) is 3.66. The fraction of sp³-hybridized carbons (Fsp3) is 0.471. The molecule has 1 aliphatic rings. The Bertz CT molecular complexity index is 439. The number of ether oxygens (including phenoxy) is 2. The van der Waals surface area contributed by atoms with Crippen molar-refractivity contribution in [3.05, 3.63) is 43.0 Å². The van der Waals surface area contributed by atoms with E-state index in [1.807, 2.05) is 35.2 Å². The second kappa shape index (κ2) is 8.47. The Morgan fingerprint density at radius 1 is 1.29 bits per heavy atom. The van der Waals surface area contributed by atoms with Crippen molar-refractivity contribution < 1.29 is 14.3 Å². The highest BCUT2D eigenvalue weighted by atomic mass is 16.5. The minimum Gasteiger partial charge on any atom is -0.484 e. The van der Waals surface area contributed by atoms with E-state index < -0.39 is 0 Å². The van der Waals surface area contributed by atoms with Gasteiger partial charge in [0.15, 0.2) is 6.61 Å². The van der Waals surface area contributed by atoms with E-state index in [-0.39, 0.29) is 12.5 Å². The molecule has 1 saturated heterocycles. The third kappa shape index (κ3) is 5.23. The number of rotatable bonds is 7. The van der Waals surface area contributed by atoms with Gasteiger partial charge in [-0.15, -0.1) is 6.58 Å². The maximum absolute atomic E-state index is 12.1. The molecule has 1 fully saturated rings. The van der Waals surface area contributed by atoms with Gasteiger partial charge in [-0.25, -0.2) is 0 Å². The van der Waals surface area contributed by atoms with E-state index in [0.717, 1.165) is 38.3 Å². The van der Waals surface area contributed by atoms with Crippen LogP contribution in [0, 0.1) is 5.92 Å². The van der Waals surface area contributed by atoms with Crippen LogP contribution >= 0.6 is 0 Å². The lowest BCUT2D eigenvalue weighted by atomic mass is 9.98. The number of carbonyl (C=O) groups excluding carboxylic acids is 1. The van der Waals surface area contributed by atoms with Crippen molar-refractivity contribution in [2.45, 2.75) is 12.8 Å². The largest absolute Gasteiger partial charge is 0.484 e. The van der Waals surface area contributed by atoms with Gasteiger partial charge in [0.05, 0.1) is 6.61 Å². The van der Waals surface area contributed by atoms with Crippen LogP contribution < -0.4 is 4.74 Å². The average Bonchev–Trinajstić information content (AvgIpc) is 2.54. The summed E-state index contributed by atoms with van der Waals surface area (Å²) in [5.41, 5.74) is 0. The number of likely N-dealkylation sites (tertiary alicyclic amines) is 1. The maximum Gasteiger partial charge on any atom is 0.260 e. The zero-order valence-electron chi connectivity index (χ0n) is 12.4. The summed E-state index contributed by atoms with van der Waals surface area (Å²) in [7, 11) is 0. The molecule has 1 aliphatic heterocycles. The molecular weight excluding hydrogens is 266 g/mol. The lowest BCUT2D eigenvalue weighted by Crippen LogP contribution is -2.41. The Kier molecular flexibility index (Phi) is 6.28. The van der Waals surface area contributed by atoms with E-state index in [2.05, 4.69) is 6.58 Å². The fourth-order valence-electron chi connectivity index (χ4n) is 2.42. The van der Waals surface area contributed by atoms with Crippen molar-refractivity contribution >= 4 is 5.91 Å². The number of carbonyl (C=O) groups is 1. The molecule has 1 heterocycles. The van der Waals surface area contributed by atoms with Crippen LogP contribution in [0.25, 0.3) is 0 Å². The number of amides is 1. The van der Waals surface area contributed by atoms with Crippen LogP contribution in [0.3, 0.4) is 0 Å². The van der Waals surface area contributed by atoms with Crippen molar-refractivity contribution in [2.24, 2.45) is 5.92 Å². The second-order valence-electron chi connectivity index (χ2n) is 5.25. The highest BCUT2D eigenvalue weighted by molar-refractivity contribution is 5.77. The van der Waals surface area contributed by atoms with Gasteiger partial charge in [-0.3, -0.25) is 4.79 Å². The Balaban J connectivity index is 1.67. The molecule has 0 N–H and O–H groups in total. The van der Waals surface area contributed by atoms with Crippen LogP contribution in [0.1, 0.15) is 12.8 Å². The van der Waals surface area contributed by atoms with Gasteiger partial charge in [0.1, 0.15) is 5.75 Å². The summed E-state index contributed by atoms with van der Waals surface area (Å²) in [4.78, 5) is 14.0. The number of nitrogens with zero attached hydrogens (tertiary/aromatic N) is 1. The van der Waals surface area contributed by atoms with Crippen molar-refractivity contribution in [2.75, 3.05) is 32.9 Å². The van der Waals surface area contributed by atoms with Gasteiger partial charge >= 0.3 is 0 Å². The first-order valence-corrected chi connectivity index (χ1v) is 7.44. The van der Waals surface area contributed by atoms with Crippen LogP contribution in [0.15, 0.2) is 43.0 Å². The summed E-state index contributed by atoms with van der Waals surface area (Å²) < 4.78 is 11.0. The molecule has 114 valence electrons. The molecular formula is C17H23NO3. The van der Waals surface area contributed by atoms with E-state index in [0.29, 0.717) is 12.5 Å². The predicted molar refractivity (Wildman–Crippen MR) is 82.3 cm³/mol. The summed E-state index contributed by atoms with van der Waals surface area (Å²) in [5.74, 6) is 1.34. The van der Waals surface area contributed by atoms with Crippen LogP contribution in [0.2, 0.25) is 0 Å². The fourth-order valence-corrected chi connectivity index (χ4v) is 2.42.